The molecular weight excluding hydrogens is 284 g/mol. The lowest BCUT2D eigenvalue weighted by Crippen LogP contribution is -2.48. The van der Waals surface area contributed by atoms with Gasteiger partial charge >= 0.3 is 0 Å². The minimum absolute atomic E-state index is 0.00335. The van der Waals surface area contributed by atoms with Gasteiger partial charge in [0.05, 0.1) is 16.8 Å². The molecule has 1 aromatic heterocycles. The van der Waals surface area contributed by atoms with E-state index in [0.717, 1.165) is 29.6 Å². The molecular formula is C15H20N4OS. The molecule has 0 saturated carbocycles. The van der Waals surface area contributed by atoms with E-state index >= 15 is 0 Å². The summed E-state index contributed by atoms with van der Waals surface area (Å²) in [5.41, 5.74) is 6.88. The Morgan fingerprint density at radius 1 is 1.52 bits per heavy atom. The van der Waals surface area contributed by atoms with Gasteiger partial charge in [-0.25, -0.2) is 4.98 Å². The zero-order chi connectivity index (χ0) is 14.8. The molecule has 3 N–H and O–H groups in total. The molecule has 2 atom stereocenters. The summed E-state index contributed by atoms with van der Waals surface area (Å²) in [6.07, 6.45) is 1.91. The second kappa shape index (κ2) is 6.09. The third-order valence-corrected chi connectivity index (χ3v) is 4.89. The second-order valence-electron chi connectivity index (χ2n) is 5.64. The Bertz CT molecular complexity index is 608. The van der Waals surface area contributed by atoms with Crippen LogP contribution in [-0.2, 0) is 4.79 Å². The van der Waals surface area contributed by atoms with Crippen LogP contribution in [0.4, 0.5) is 5.13 Å². The summed E-state index contributed by atoms with van der Waals surface area (Å²) < 4.78 is 1.09. The zero-order valence-corrected chi connectivity index (χ0v) is 12.9. The minimum Gasteiger partial charge on any atom is -0.328 e. The maximum Gasteiger partial charge on any atom is 0.240 e. The average Bonchev–Trinajstić information content (AvgIpc) is 2.84. The van der Waals surface area contributed by atoms with Crippen LogP contribution in [0.3, 0.4) is 0 Å². The van der Waals surface area contributed by atoms with Crippen molar-refractivity contribution < 1.29 is 4.79 Å². The van der Waals surface area contributed by atoms with Crippen molar-refractivity contribution in [3.63, 3.8) is 0 Å². The number of likely N-dealkylation sites (tertiary alicyclic amines) is 1. The van der Waals surface area contributed by atoms with Crippen LogP contribution in [0, 0.1) is 0 Å². The van der Waals surface area contributed by atoms with Gasteiger partial charge in [-0.15, -0.1) is 0 Å². The van der Waals surface area contributed by atoms with Crippen LogP contribution in [0.1, 0.15) is 19.8 Å². The fraction of sp³-hybridized carbons (Fsp3) is 0.467. The van der Waals surface area contributed by atoms with Crippen molar-refractivity contribution in [2.24, 2.45) is 5.73 Å². The highest BCUT2D eigenvalue weighted by Gasteiger charge is 2.24. The lowest BCUT2D eigenvalue weighted by molar-refractivity contribution is -0.118. The Hall–Kier alpha value is -1.50. The first-order valence-corrected chi connectivity index (χ1v) is 8.08. The number of rotatable bonds is 3. The van der Waals surface area contributed by atoms with Gasteiger partial charge in [-0.2, -0.15) is 0 Å². The highest BCUT2D eigenvalue weighted by Crippen LogP contribution is 2.25. The quantitative estimate of drug-likeness (QED) is 0.910. The highest BCUT2D eigenvalue weighted by atomic mass is 32.1. The molecule has 5 nitrogen and oxygen atoms in total. The molecule has 21 heavy (non-hydrogen) atoms. The van der Waals surface area contributed by atoms with Gasteiger partial charge in [0.2, 0.25) is 5.91 Å². The van der Waals surface area contributed by atoms with E-state index in [4.69, 9.17) is 5.73 Å². The minimum atomic E-state index is -0.00335. The molecule has 1 fully saturated rings. The van der Waals surface area contributed by atoms with Crippen LogP contribution in [-0.4, -0.2) is 41.0 Å². The first-order valence-electron chi connectivity index (χ1n) is 7.27. The van der Waals surface area contributed by atoms with Gasteiger partial charge < -0.3 is 11.1 Å². The number of hydrogen-bond donors (Lipinski definition) is 2. The largest absolute Gasteiger partial charge is 0.328 e. The molecule has 1 aliphatic rings. The number of nitrogens with one attached hydrogen (secondary N) is 1. The number of carbonyl (C=O) groups is 1. The molecule has 3 rings (SSSR count). The molecule has 0 radical (unpaired) electrons. The Labute approximate surface area is 128 Å². The lowest BCUT2D eigenvalue weighted by Gasteiger charge is -2.35. The van der Waals surface area contributed by atoms with E-state index in [-0.39, 0.29) is 11.9 Å². The first kappa shape index (κ1) is 14.4. The van der Waals surface area contributed by atoms with Crippen LogP contribution in [0.25, 0.3) is 10.2 Å². The van der Waals surface area contributed by atoms with E-state index in [9.17, 15) is 4.79 Å². The molecule has 2 heterocycles. The van der Waals surface area contributed by atoms with Gasteiger partial charge in [-0.1, -0.05) is 23.5 Å². The molecule has 2 aromatic rings. The Morgan fingerprint density at radius 3 is 3.10 bits per heavy atom. The number of aromatic nitrogens is 1. The maximum atomic E-state index is 12.2. The van der Waals surface area contributed by atoms with E-state index in [0.29, 0.717) is 17.7 Å². The number of piperidine rings is 1. The molecule has 6 heteroatoms. The predicted molar refractivity (Wildman–Crippen MR) is 86.5 cm³/mol. The Balaban J connectivity index is 1.61. The van der Waals surface area contributed by atoms with E-state index in [1.54, 1.807) is 0 Å². The molecule has 2 unspecified atom stereocenters. The summed E-state index contributed by atoms with van der Waals surface area (Å²) >= 11 is 1.51. The average molecular weight is 304 g/mol. The number of hydrogen-bond acceptors (Lipinski definition) is 5. The normalized spacial score (nSPS) is 23.3. The van der Waals surface area contributed by atoms with Gasteiger partial charge in [0.25, 0.3) is 0 Å². The van der Waals surface area contributed by atoms with Crippen molar-refractivity contribution in [1.82, 2.24) is 9.88 Å². The van der Waals surface area contributed by atoms with E-state index in [1.165, 1.54) is 11.3 Å². The van der Waals surface area contributed by atoms with Crippen LogP contribution in [0.2, 0.25) is 0 Å². The van der Waals surface area contributed by atoms with Crippen molar-refractivity contribution in [2.75, 3.05) is 18.4 Å². The maximum absolute atomic E-state index is 12.2. The monoisotopic (exact) mass is 304 g/mol. The lowest BCUT2D eigenvalue weighted by atomic mass is 9.99. The SMILES string of the molecule is CC1CC(N)CCN1CC(=O)Nc1nc2ccccc2s1. The van der Waals surface area contributed by atoms with E-state index in [1.807, 2.05) is 24.3 Å². The summed E-state index contributed by atoms with van der Waals surface area (Å²) in [5.74, 6) is -0.00335. The molecule has 0 aliphatic carbocycles. The second-order valence-corrected chi connectivity index (χ2v) is 6.67. The van der Waals surface area contributed by atoms with Crippen molar-refractivity contribution >= 4 is 32.6 Å². The molecule has 1 saturated heterocycles. The van der Waals surface area contributed by atoms with E-state index < -0.39 is 0 Å². The van der Waals surface area contributed by atoms with Crippen molar-refractivity contribution in [3.8, 4) is 0 Å². The van der Waals surface area contributed by atoms with Crippen LogP contribution in [0.5, 0.6) is 0 Å². The summed E-state index contributed by atoms with van der Waals surface area (Å²) in [6.45, 7) is 3.42. The number of para-hydroxylation sites is 1. The smallest absolute Gasteiger partial charge is 0.240 e. The summed E-state index contributed by atoms with van der Waals surface area (Å²) in [7, 11) is 0. The number of nitrogens with zero attached hydrogens (tertiary/aromatic N) is 2. The number of carbonyl (C=O) groups excluding carboxylic acids is 1. The number of nitrogens with two attached hydrogens (primary N) is 1. The molecule has 1 aromatic carbocycles. The Kier molecular flexibility index (Phi) is 4.19. The van der Waals surface area contributed by atoms with Gasteiger partial charge in [-0.05, 0) is 31.9 Å². The number of thiazole rings is 1. The number of amides is 1. The van der Waals surface area contributed by atoms with Gasteiger partial charge in [-0.3, -0.25) is 9.69 Å². The van der Waals surface area contributed by atoms with E-state index in [2.05, 4.69) is 22.1 Å². The van der Waals surface area contributed by atoms with Crippen LogP contribution < -0.4 is 11.1 Å². The molecule has 1 aliphatic heterocycles. The van der Waals surface area contributed by atoms with Crippen molar-refractivity contribution in [1.29, 1.82) is 0 Å². The fourth-order valence-electron chi connectivity index (χ4n) is 2.76. The van der Waals surface area contributed by atoms with Crippen molar-refractivity contribution in [2.45, 2.75) is 31.8 Å². The summed E-state index contributed by atoms with van der Waals surface area (Å²) in [5, 5.41) is 3.58. The third-order valence-electron chi connectivity index (χ3n) is 3.94. The summed E-state index contributed by atoms with van der Waals surface area (Å²) in [6, 6.07) is 8.52. The van der Waals surface area contributed by atoms with Gasteiger partial charge in [0.1, 0.15) is 0 Å². The molecule has 0 bridgehead atoms. The number of benzene rings is 1. The molecule has 1 amide bonds. The zero-order valence-electron chi connectivity index (χ0n) is 12.1. The first-order chi connectivity index (χ1) is 10.1. The molecule has 112 valence electrons. The van der Waals surface area contributed by atoms with Gasteiger partial charge in [0.15, 0.2) is 5.13 Å². The standard InChI is InChI=1S/C15H20N4OS/c1-10-8-11(16)6-7-19(10)9-14(20)18-15-17-12-4-2-3-5-13(12)21-15/h2-5,10-11H,6-9,16H2,1H3,(H,17,18,20). The summed E-state index contributed by atoms with van der Waals surface area (Å²) in [4.78, 5) is 18.8. The topological polar surface area (TPSA) is 71.2 Å². The van der Waals surface area contributed by atoms with Crippen molar-refractivity contribution in [3.05, 3.63) is 24.3 Å². The van der Waals surface area contributed by atoms with Crippen LogP contribution in [0.15, 0.2) is 24.3 Å². The fourth-order valence-corrected chi connectivity index (χ4v) is 3.64. The van der Waals surface area contributed by atoms with Gasteiger partial charge in [0, 0.05) is 18.6 Å². The third kappa shape index (κ3) is 3.40. The number of anilines is 1. The van der Waals surface area contributed by atoms with Crippen LogP contribution >= 0.6 is 11.3 Å². The Morgan fingerprint density at radius 2 is 2.33 bits per heavy atom. The number of fused-ring (bicyclic) bond motifs is 1. The predicted octanol–water partition coefficient (Wildman–Crippen LogP) is 2.05. The molecule has 0 spiro atoms. The highest BCUT2D eigenvalue weighted by molar-refractivity contribution is 7.22.